The molecule has 0 aromatic heterocycles. The van der Waals surface area contributed by atoms with E-state index in [1.807, 2.05) is 26.0 Å². The van der Waals surface area contributed by atoms with Crippen LogP contribution in [0.3, 0.4) is 0 Å². The molecule has 1 N–H and O–H groups in total. The largest absolute Gasteiger partial charge is 0.350 e. The Hall–Kier alpha value is -1.66. The molecule has 0 saturated carbocycles. The molecule has 1 aliphatic heterocycles. The fourth-order valence-electron chi connectivity index (χ4n) is 1.84. The maximum Gasteiger partial charge on any atom is 0.265 e. The predicted octanol–water partition coefficient (Wildman–Crippen LogP) is 3.05. The zero-order valence-electron chi connectivity index (χ0n) is 12.8. The molecule has 0 unspecified atom stereocenters. The molecule has 1 fully saturated rings. The number of hydrogen-bond donors (Lipinski definition) is 1. The molecule has 0 radical (unpaired) electrons. The number of carbonyl (C=O) groups excluding carboxylic acids is 2. The predicted molar refractivity (Wildman–Crippen MR) is 94.6 cm³/mol. The molecular weight excluding hydrogens is 316 g/mol. The molecule has 6 heteroatoms. The van der Waals surface area contributed by atoms with Crippen LogP contribution in [0.4, 0.5) is 0 Å². The number of nitrogens with zero attached hydrogens (tertiary/aromatic N) is 1. The first kappa shape index (κ1) is 16.7. The number of amides is 2. The van der Waals surface area contributed by atoms with E-state index in [1.54, 1.807) is 25.3 Å². The molecule has 22 heavy (non-hydrogen) atoms. The van der Waals surface area contributed by atoms with Gasteiger partial charge in [0.15, 0.2) is 0 Å². The van der Waals surface area contributed by atoms with Crippen molar-refractivity contribution in [2.45, 2.75) is 26.3 Å². The van der Waals surface area contributed by atoms with Crippen LogP contribution in [0.25, 0.3) is 6.08 Å². The van der Waals surface area contributed by atoms with Gasteiger partial charge >= 0.3 is 0 Å². The standard InChI is InChI=1S/C16H18N2O2S2/c1-4-10(2)17-14(19)12-7-5-11(6-8-12)9-13-15(20)18(3)16(21)22-13/h5-10H,4H2,1-3H3,(H,17,19)/b13-9-/t10-/m1/s1. The van der Waals surface area contributed by atoms with Crippen molar-refractivity contribution in [1.82, 2.24) is 10.2 Å². The third kappa shape index (κ3) is 3.75. The second-order valence-corrected chi connectivity index (χ2v) is 6.82. The highest BCUT2D eigenvalue weighted by Gasteiger charge is 2.28. The highest BCUT2D eigenvalue weighted by Crippen LogP contribution is 2.31. The van der Waals surface area contributed by atoms with E-state index < -0.39 is 0 Å². The van der Waals surface area contributed by atoms with Gasteiger partial charge < -0.3 is 5.32 Å². The van der Waals surface area contributed by atoms with Crippen LogP contribution in [-0.4, -0.2) is 34.1 Å². The van der Waals surface area contributed by atoms with Gasteiger partial charge in [-0.2, -0.15) is 0 Å². The number of nitrogens with one attached hydrogen (secondary N) is 1. The lowest BCUT2D eigenvalue weighted by atomic mass is 10.1. The number of carbonyl (C=O) groups is 2. The van der Waals surface area contributed by atoms with Crippen molar-refractivity contribution < 1.29 is 9.59 Å². The van der Waals surface area contributed by atoms with E-state index in [2.05, 4.69) is 5.32 Å². The number of thiocarbonyl (C=S) groups is 1. The summed E-state index contributed by atoms with van der Waals surface area (Å²) in [7, 11) is 1.67. The molecule has 0 aliphatic carbocycles. The minimum Gasteiger partial charge on any atom is -0.350 e. The van der Waals surface area contributed by atoms with Crippen LogP contribution in [0.5, 0.6) is 0 Å². The second-order valence-electron chi connectivity index (χ2n) is 5.15. The molecule has 1 saturated heterocycles. The van der Waals surface area contributed by atoms with Crippen molar-refractivity contribution in [3.8, 4) is 0 Å². The molecular formula is C16H18N2O2S2. The van der Waals surface area contributed by atoms with Gasteiger partial charge in [0.2, 0.25) is 0 Å². The maximum atomic E-state index is 12.0. The zero-order chi connectivity index (χ0) is 16.3. The molecule has 0 spiro atoms. The Morgan fingerprint density at radius 1 is 1.41 bits per heavy atom. The third-order valence-corrected chi connectivity index (χ3v) is 4.93. The highest BCUT2D eigenvalue weighted by molar-refractivity contribution is 8.26. The Morgan fingerprint density at radius 2 is 2.05 bits per heavy atom. The van der Waals surface area contributed by atoms with Crippen molar-refractivity contribution in [3.63, 3.8) is 0 Å². The summed E-state index contributed by atoms with van der Waals surface area (Å²) in [6.07, 6.45) is 2.68. The Labute approximate surface area is 140 Å². The summed E-state index contributed by atoms with van der Waals surface area (Å²) in [6.45, 7) is 4.00. The van der Waals surface area contributed by atoms with Crippen LogP contribution in [0.1, 0.15) is 36.2 Å². The maximum absolute atomic E-state index is 12.0. The third-order valence-electron chi connectivity index (χ3n) is 3.45. The van der Waals surface area contributed by atoms with Crippen LogP contribution in [-0.2, 0) is 4.79 Å². The first-order chi connectivity index (χ1) is 10.4. The highest BCUT2D eigenvalue weighted by atomic mass is 32.2. The molecule has 1 aromatic rings. The van der Waals surface area contributed by atoms with Crippen LogP contribution >= 0.6 is 24.0 Å². The summed E-state index contributed by atoms with van der Waals surface area (Å²) in [6, 6.07) is 7.33. The van der Waals surface area contributed by atoms with Gasteiger partial charge in [-0.3, -0.25) is 14.5 Å². The summed E-state index contributed by atoms with van der Waals surface area (Å²) in [5.41, 5.74) is 1.48. The average Bonchev–Trinajstić information content (AvgIpc) is 2.75. The molecule has 1 heterocycles. The molecule has 116 valence electrons. The summed E-state index contributed by atoms with van der Waals surface area (Å²) in [4.78, 5) is 26.0. The zero-order valence-corrected chi connectivity index (χ0v) is 14.4. The van der Waals surface area contributed by atoms with Crippen molar-refractivity contribution in [2.24, 2.45) is 0 Å². The van der Waals surface area contributed by atoms with Crippen LogP contribution in [0.2, 0.25) is 0 Å². The second kappa shape index (κ2) is 7.07. The van der Waals surface area contributed by atoms with Crippen LogP contribution in [0.15, 0.2) is 29.2 Å². The Balaban J connectivity index is 2.11. The van der Waals surface area contributed by atoms with E-state index >= 15 is 0 Å². The minimum atomic E-state index is -0.0893. The van der Waals surface area contributed by atoms with Gasteiger partial charge in [0, 0.05) is 18.7 Å². The lowest BCUT2D eigenvalue weighted by Gasteiger charge is -2.11. The molecule has 1 aromatic carbocycles. The summed E-state index contributed by atoms with van der Waals surface area (Å²) >= 11 is 6.38. The molecule has 4 nitrogen and oxygen atoms in total. The quantitative estimate of drug-likeness (QED) is 0.679. The fourth-order valence-corrected chi connectivity index (χ4v) is 3.02. The van der Waals surface area contributed by atoms with Crippen molar-refractivity contribution in [2.75, 3.05) is 7.05 Å². The van der Waals surface area contributed by atoms with E-state index in [4.69, 9.17) is 12.2 Å². The lowest BCUT2D eigenvalue weighted by Crippen LogP contribution is -2.31. The van der Waals surface area contributed by atoms with E-state index in [9.17, 15) is 9.59 Å². The number of hydrogen-bond acceptors (Lipinski definition) is 4. The molecule has 1 atom stereocenters. The van der Waals surface area contributed by atoms with E-state index in [1.165, 1.54) is 16.7 Å². The molecule has 2 rings (SSSR count). The summed E-state index contributed by atoms with van der Waals surface area (Å²) in [5, 5.41) is 2.92. The Kier molecular flexibility index (Phi) is 5.37. The van der Waals surface area contributed by atoms with Crippen molar-refractivity contribution >= 4 is 46.2 Å². The van der Waals surface area contributed by atoms with Gasteiger partial charge in [-0.05, 0) is 37.1 Å². The van der Waals surface area contributed by atoms with Gasteiger partial charge in [-0.25, -0.2) is 0 Å². The van der Waals surface area contributed by atoms with E-state index in [0.717, 1.165) is 12.0 Å². The van der Waals surface area contributed by atoms with E-state index in [-0.39, 0.29) is 17.9 Å². The van der Waals surface area contributed by atoms with Gasteiger partial charge in [0.25, 0.3) is 11.8 Å². The normalized spacial score (nSPS) is 18.0. The number of likely N-dealkylation sites (N-methyl/N-ethyl adjacent to an activating group) is 1. The van der Waals surface area contributed by atoms with Gasteiger partial charge in [-0.15, -0.1) is 0 Å². The van der Waals surface area contributed by atoms with Crippen LogP contribution in [0, 0.1) is 0 Å². The van der Waals surface area contributed by atoms with Gasteiger partial charge in [-0.1, -0.05) is 43.0 Å². The first-order valence-electron chi connectivity index (χ1n) is 7.05. The SMILES string of the molecule is CC[C@@H](C)NC(=O)c1ccc(/C=C2\SC(=S)N(C)C2=O)cc1. The molecule has 1 aliphatic rings. The lowest BCUT2D eigenvalue weighted by molar-refractivity contribution is -0.121. The Morgan fingerprint density at radius 3 is 2.55 bits per heavy atom. The van der Waals surface area contributed by atoms with Crippen molar-refractivity contribution in [1.29, 1.82) is 0 Å². The van der Waals surface area contributed by atoms with Gasteiger partial charge in [0.1, 0.15) is 4.32 Å². The number of thioether (sulfide) groups is 1. The molecule has 2 amide bonds. The summed E-state index contributed by atoms with van der Waals surface area (Å²) in [5.74, 6) is -0.172. The smallest absolute Gasteiger partial charge is 0.265 e. The number of rotatable bonds is 4. The van der Waals surface area contributed by atoms with Gasteiger partial charge in [0.05, 0.1) is 4.91 Å². The first-order valence-corrected chi connectivity index (χ1v) is 8.27. The number of benzene rings is 1. The van der Waals surface area contributed by atoms with Crippen molar-refractivity contribution in [3.05, 3.63) is 40.3 Å². The molecule has 0 bridgehead atoms. The monoisotopic (exact) mass is 334 g/mol. The average molecular weight is 334 g/mol. The van der Waals surface area contributed by atoms with Crippen LogP contribution < -0.4 is 5.32 Å². The Bertz CT molecular complexity index is 638. The fraction of sp³-hybridized carbons (Fsp3) is 0.312. The topological polar surface area (TPSA) is 49.4 Å². The van der Waals surface area contributed by atoms with E-state index in [0.29, 0.717) is 14.8 Å². The minimum absolute atomic E-state index is 0.0826. The summed E-state index contributed by atoms with van der Waals surface area (Å²) < 4.78 is 0.556.